The largest absolute Gasteiger partial charge is 0.462 e. The molecule has 20 heavy (non-hydrogen) atoms. The van der Waals surface area contributed by atoms with Gasteiger partial charge in [-0.2, -0.15) is 4.39 Å². The van der Waals surface area contributed by atoms with E-state index in [1.165, 1.54) is 0 Å². The molecule has 0 radical (unpaired) electrons. The maximum Gasteiger partial charge on any atom is 0.341 e. The molecule has 1 aromatic carbocycles. The molecule has 0 aliphatic carbocycles. The highest BCUT2D eigenvalue weighted by Gasteiger charge is 2.25. The molecule has 0 fully saturated rings. The van der Waals surface area contributed by atoms with Gasteiger partial charge in [-0.1, -0.05) is 26.2 Å². The Kier molecular flexibility index (Phi) is 6.02. The molecule has 0 bridgehead atoms. The van der Waals surface area contributed by atoms with Gasteiger partial charge >= 0.3 is 11.7 Å². The molecular weight excluding hydrogens is 272 g/mol. The number of unbranched alkanes of at least 4 members (excludes halogenated alkanes) is 3. The molecule has 0 saturated carbocycles. The lowest BCUT2D eigenvalue weighted by Gasteiger charge is -2.06. The minimum atomic E-state index is -1.38. The van der Waals surface area contributed by atoms with Gasteiger partial charge in [0.05, 0.1) is 17.6 Å². The average molecular weight is 287 g/mol. The van der Waals surface area contributed by atoms with Crippen molar-refractivity contribution in [3.8, 4) is 0 Å². The third-order valence-electron chi connectivity index (χ3n) is 2.67. The van der Waals surface area contributed by atoms with E-state index in [-0.39, 0.29) is 6.61 Å². The van der Waals surface area contributed by atoms with Crippen molar-refractivity contribution < 1.29 is 23.2 Å². The lowest BCUT2D eigenvalue weighted by atomic mass is 10.1. The van der Waals surface area contributed by atoms with Crippen molar-refractivity contribution in [2.75, 3.05) is 6.61 Å². The topological polar surface area (TPSA) is 69.4 Å². The van der Waals surface area contributed by atoms with Crippen LogP contribution in [0.3, 0.4) is 0 Å². The maximum absolute atomic E-state index is 13.7. The quantitative estimate of drug-likeness (QED) is 0.332. The molecule has 0 spiro atoms. The van der Waals surface area contributed by atoms with E-state index in [2.05, 4.69) is 0 Å². The van der Waals surface area contributed by atoms with Gasteiger partial charge in [0.25, 0.3) is 0 Å². The van der Waals surface area contributed by atoms with Crippen molar-refractivity contribution in [3.63, 3.8) is 0 Å². The highest BCUT2D eigenvalue weighted by Crippen LogP contribution is 2.23. The van der Waals surface area contributed by atoms with Crippen LogP contribution in [0.5, 0.6) is 0 Å². The van der Waals surface area contributed by atoms with E-state index in [1.807, 2.05) is 6.92 Å². The van der Waals surface area contributed by atoms with Crippen LogP contribution >= 0.6 is 0 Å². The lowest BCUT2D eigenvalue weighted by molar-refractivity contribution is -0.387. The smallest absolute Gasteiger partial charge is 0.341 e. The van der Waals surface area contributed by atoms with Crippen molar-refractivity contribution >= 4 is 11.7 Å². The van der Waals surface area contributed by atoms with Crippen molar-refractivity contribution in [2.45, 2.75) is 32.6 Å². The summed E-state index contributed by atoms with van der Waals surface area (Å²) in [5, 5.41) is 10.5. The number of halogens is 2. The van der Waals surface area contributed by atoms with Gasteiger partial charge in [-0.15, -0.1) is 0 Å². The first-order valence-corrected chi connectivity index (χ1v) is 6.28. The van der Waals surface area contributed by atoms with Crippen LogP contribution in [0, 0.1) is 21.7 Å². The predicted molar refractivity (Wildman–Crippen MR) is 67.4 cm³/mol. The van der Waals surface area contributed by atoms with Crippen molar-refractivity contribution in [1.82, 2.24) is 0 Å². The molecular formula is C13H15F2NO4. The molecule has 0 saturated heterocycles. The number of rotatable bonds is 7. The fourth-order valence-corrected chi connectivity index (χ4v) is 1.63. The number of nitro benzene ring substituents is 1. The van der Waals surface area contributed by atoms with Crippen LogP contribution in [0.1, 0.15) is 43.0 Å². The zero-order valence-corrected chi connectivity index (χ0v) is 11.0. The Morgan fingerprint density at radius 2 is 2.00 bits per heavy atom. The maximum atomic E-state index is 13.7. The van der Waals surface area contributed by atoms with Crippen LogP contribution in [0.2, 0.25) is 0 Å². The summed E-state index contributed by atoms with van der Waals surface area (Å²) in [6.07, 6.45) is 3.46. The fraction of sp³-hybridized carbons (Fsp3) is 0.462. The van der Waals surface area contributed by atoms with Crippen LogP contribution in [0.15, 0.2) is 12.1 Å². The standard InChI is InChI=1S/C13H15F2NO4/c1-2-3-4-5-6-20-13(17)10-7-9(14)8-11(12(10)15)16(18)19/h7-8H,2-6H2,1H3. The van der Waals surface area contributed by atoms with E-state index < -0.39 is 33.8 Å². The summed E-state index contributed by atoms with van der Waals surface area (Å²) in [5.41, 5.74) is -1.84. The van der Waals surface area contributed by atoms with Crippen molar-refractivity contribution in [3.05, 3.63) is 39.4 Å². The van der Waals surface area contributed by atoms with Crippen LogP contribution < -0.4 is 0 Å². The van der Waals surface area contributed by atoms with Gasteiger partial charge < -0.3 is 4.74 Å². The van der Waals surface area contributed by atoms with Crippen LogP contribution in [-0.4, -0.2) is 17.5 Å². The van der Waals surface area contributed by atoms with Gasteiger partial charge in [0.2, 0.25) is 5.82 Å². The highest BCUT2D eigenvalue weighted by molar-refractivity contribution is 5.90. The summed E-state index contributed by atoms with van der Waals surface area (Å²) in [4.78, 5) is 21.0. The molecule has 0 heterocycles. The SMILES string of the molecule is CCCCCCOC(=O)c1cc(F)cc([N+](=O)[O-])c1F. The highest BCUT2D eigenvalue weighted by atomic mass is 19.1. The number of benzene rings is 1. The predicted octanol–water partition coefficient (Wildman–Crippen LogP) is 3.61. The lowest BCUT2D eigenvalue weighted by Crippen LogP contribution is -2.11. The summed E-state index contributed by atoms with van der Waals surface area (Å²) in [6.45, 7) is 2.09. The van der Waals surface area contributed by atoms with Gasteiger partial charge in [0.1, 0.15) is 11.4 Å². The van der Waals surface area contributed by atoms with E-state index in [0.29, 0.717) is 18.6 Å². The Morgan fingerprint density at radius 3 is 2.60 bits per heavy atom. The molecule has 110 valence electrons. The third-order valence-corrected chi connectivity index (χ3v) is 2.67. The molecule has 0 N–H and O–H groups in total. The number of esters is 1. The first kappa shape index (κ1) is 16.0. The molecule has 0 aliphatic heterocycles. The van der Waals surface area contributed by atoms with E-state index in [1.54, 1.807) is 0 Å². The van der Waals surface area contributed by atoms with Crippen LogP contribution in [-0.2, 0) is 4.74 Å². The van der Waals surface area contributed by atoms with Crippen LogP contribution in [0.25, 0.3) is 0 Å². The average Bonchev–Trinajstić information content (AvgIpc) is 2.40. The van der Waals surface area contributed by atoms with Crippen molar-refractivity contribution in [1.29, 1.82) is 0 Å². The number of nitrogens with zero attached hydrogens (tertiary/aromatic N) is 1. The Bertz CT molecular complexity index is 505. The number of carbonyl (C=O) groups excluding carboxylic acids is 1. The van der Waals surface area contributed by atoms with Crippen LogP contribution in [0.4, 0.5) is 14.5 Å². The second-order valence-electron chi connectivity index (χ2n) is 4.24. The monoisotopic (exact) mass is 287 g/mol. The number of carbonyl (C=O) groups is 1. The number of nitro groups is 1. The molecule has 0 aliphatic rings. The first-order valence-electron chi connectivity index (χ1n) is 6.28. The Labute approximate surface area is 114 Å². The van der Waals surface area contributed by atoms with Gasteiger partial charge in [0.15, 0.2) is 0 Å². The molecule has 0 unspecified atom stereocenters. The van der Waals surface area contributed by atoms with E-state index in [4.69, 9.17) is 4.74 Å². The zero-order valence-electron chi connectivity index (χ0n) is 11.0. The fourth-order valence-electron chi connectivity index (χ4n) is 1.63. The van der Waals surface area contributed by atoms with Gasteiger partial charge in [-0.3, -0.25) is 10.1 Å². The second-order valence-corrected chi connectivity index (χ2v) is 4.24. The van der Waals surface area contributed by atoms with Gasteiger partial charge in [-0.25, -0.2) is 9.18 Å². The number of ether oxygens (including phenoxy) is 1. The van der Waals surface area contributed by atoms with Gasteiger partial charge in [-0.05, 0) is 12.5 Å². The second kappa shape index (κ2) is 7.52. The Hall–Kier alpha value is -2.05. The zero-order chi connectivity index (χ0) is 15.1. The van der Waals surface area contributed by atoms with E-state index in [9.17, 15) is 23.7 Å². The number of hydrogen-bond donors (Lipinski definition) is 0. The molecule has 0 aromatic heterocycles. The minimum Gasteiger partial charge on any atom is -0.462 e. The summed E-state index contributed by atoms with van der Waals surface area (Å²) < 4.78 is 31.6. The summed E-state index contributed by atoms with van der Waals surface area (Å²) >= 11 is 0. The first-order chi connectivity index (χ1) is 9.47. The third kappa shape index (κ3) is 4.25. The Morgan fingerprint density at radius 1 is 1.30 bits per heavy atom. The minimum absolute atomic E-state index is 0.0720. The molecule has 0 amide bonds. The van der Waals surface area contributed by atoms with Gasteiger partial charge in [0, 0.05) is 0 Å². The van der Waals surface area contributed by atoms with E-state index in [0.717, 1.165) is 19.3 Å². The molecule has 1 aromatic rings. The normalized spacial score (nSPS) is 10.3. The molecule has 5 nitrogen and oxygen atoms in total. The molecule has 1 rings (SSSR count). The number of hydrogen-bond acceptors (Lipinski definition) is 4. The van der Waals surface area contributed by atoms with Crippen molar-refractivity contribution in [2.24, 2.45) is 0 Å². The summed E-state index contributed by atoms with van der Waals surface area (Å²) in [5.74, 6) is -3.53. The summed E-state index contributed by atoms with van der Waals surface area (Å²) in [7, 11) is 0. The molecule has 0 atom stereocenters. The Balaban J connectivity index is 2.75. The summed E-state index contributed by atoms with van der Waals surface area (Å²) in [6, 6.07) is 1.02. The molecule has 7 heteroatoms. The van der Waals surface area contributed by atoms with E-state index >= 15 is 0 Å².